The van der Waals surface area contributed by atoms with Gasteiger partial charge < -0.3 is 5.32 Å². The number of aryl methyl sites for hydroxylation is 1. The van der Waals surface area contributed by atoms with E-state index >= 15 is 4.39 Å². The molecule has 1 aliphatic rings. The SMILES string of the molecule is Cc1cc(Nc2nccc(-c3sc(C(C)(C)C)nc3C3=C(F)C(NS(=O)(=O)c4c(F)cccc4F)CC=C3)n2)ccn1. The highest BCUT2D eigenvalue weighted by molar-refractivity contribution is 7.89. The number of rotatable bonds is 7. The van der Waals surface area contributed by atoms with Crippen molar-refractivity contribution in [2.24, 2.45) is 0 Å². The summed E-state index contributed by atoms with van der Waals surface area (Å²) in [4.78, 5) is 17.3. The van der Waals surface area contributed by atoms with Crippen molar-refractivity contribution in [2.45, 2.75) is 50.5 Å². The maximum absolute atomic E-state index is 16.1. The maximum Gasteiger partial charge on any atom is 0.247 e. The molecular formula is C29H27F3N6O2S2. The van der Waals surface area contributed by atoms with E-state index < -0.39 is 38.4 Å². The quantitative estimate of drug-likeness (QED) is 0.242. The van der Waals surface area contributed by atoms with Crippen LogP contribution in [0.3, 0.4) is 0 Å². The molecule has 1 aliphatic carbocycles. The van der Waals surface area contributed by atoms with Gasteiger partial charge in [-0.15, -0.1) is 11.3 Å². The second-order valence-electron chi connectivity index (χ2n) is 10.6. The van der Waals surface area contributed by atoms with Crippen LogP contribution in [0.15, 0.2) is 71.7 Å². The molecule has 2 N–H and O–H groups in total. The molecule has 3 heterocycles. The van der Waals surface area contributed by atoms with Crippen LogP contribution < -0.4 is 10.0 Å². The highest BCUT2D eigenvalue weighted by Gasteiger charge is 2.33. The summed E-state index contributed by atoms with van der Waals surface area (Å²) >= 11 is 1.34. The summed E-state index contributed by atoms with van der Waals surface area (Å²) in [6, 6.07) is 6.60. The normalized spacial score (nSPS) is 15.7. The van der Waals surface area contributed by atoms with E-state index in [0.717, 1.165) is 29.6 Å². The Morgan fingerprint density at radius 3 is 2.40 bits per heavy atom. The van der Waals surface area contributed by atoms with Crippen molar-refractivity contribution in [3.05, 3.63) is 94.8 Å². The number of nitrogens with one attached hydrogen (secondary N) is 2. The molecule has 218 valence electrons. The first kappa shape index (κ1) is 29.5. The molecule has 0 fully saturated rings. The van der Waals surface area contributed by atoms with Crippen molar-refractivity contribution < 1.29 is 21.6 Å². The van der Waals surface area contributed by atoms with Gasteiger partial charge in [0.2, 0.25) is 16.0 Å². The lowest BCUT2D eigenvalue weighted by Gasteiger charge is -2.21. The third-order valence-electron chi connectivity index (χ3n) is 6.27. The van der Waals surface area contributed by atoms with Crippen molar-refractivity contribution in [3.63, 3.8) is 0 Å². The first-order valence-corrected chi connectivity index (χ1v) is 15.2. The molecule has 5 rings (SSSR count). The second-order valence-corrected chi connectivity index (χ2v) is 13.3. The third-order valence-corrected chi connectivity index (χ3v) is 9.30. The van der Waals surface area contributed by atoms with Gasteiger partial charge in [0.05, 0.1) is 27.3 Å². The summed E-state index contributed by atoms with van der Waals surface area (Å²) < 4.78 is 72.6. The summed E-state index contributed by atoms with van der Waals surface area (Å²) in [5, 5.41) is 3.85. The van der Waals surface area contributed by atoms with Crippen LogP contribution in [0.5, 0.6) is 0 Å². The molecule has 0 radical (unpaired) electrons. The lowest BCUT2D eigenvalue weighted by Crippen LogP contribution is -2.37. The fraction of sp³-hybridized carbons (Fsp3) is 0.241. The number of sulfonamides is 1. The van der Waals surface area contributed by atoms with E-state index in [1.165, 1.54) is 17.4 Å². The molecule has 0 saturated heterocycles. The summed E-state index contributed by atoms with van der Waals surface area (Å²) in [6.45, 7) is 7.78. The Morgan fingerprint density at radius 2 is 1.71 bits per heavy atom. The van der Waals surface area contributed by atoms with E-state index in [1.807, 2.05) is 33.8 Å². The first-order chi connectivity index (χ1) is 19.8. The highest BCUT2D eigenvalue weighted by Crippen LogP contribution is 2.41. The van der Waals surface area contributed by atoms with Gasteiger partial charge in [0.15, 0.2) is 4.90 Å². The average molecular weight is 613 g/mol. The number of thiazole rings is 1. The summed E-state index contributed by atoms with van der Waals surface area (Å²) in [5.41, 5.74) is 1.95. The molecule has 42 heavy (non-hydrogen) atoms. The summed E-state index contributed by atoms with van der Waals surface area (Å²) in [7, 11) is -4.74. The van der Waals surface area contributed by atoms with E-state index in [4.69, 9.17) is 4.98 Å². The van der Waals surface area contributed by atoms with Crippen LogP contribution in [0.1, 0.15) is 43.6 Å². The zero-order valence-corrected chi connectivity index (χ0v) is 24.7. The van der Waals surface area contributed by atoms with Gasteiger partial charge in [-0.2, -0.15) is 0 Å². The molecule has 13 heteroatoms. The summed E-state index contributed by atoms with van der Waals surface area (Å²) in [5.74, 6) is -3.07. The Hall–Kier alpha value is -3.94. The predicted octanol–water partition coefficient (Wildman–Crippen LogP) is 6.61. The molecule has 3 aromatic heterocycles. The number of allylic oxidation sites excluding steroid dienone is 2. The maximum atomic E-state index is 16.1. The highest BCUT2D eigenvalue weighted by atomic mass is 32.2. The topological polar surface area (TPSA) is 110 Å². The van der Waals surface area contributed by atoms with Crippen molar-refractivity contribution in [3.8, 4) is 10.6 Å². The minimum Gasteiger partial charge on any atom is -0.324 e. The van der Waals surface area contributed by atoms with E-state index in [-0.39, 0.29) is 23.1 Å². The van der Waals surface area contributed by atoms with Gasteiger partial charge in [-0.1, -0.05) is 39.0 Å². The number of aromatic nitrogens is 4. The number of hydrogen-bond donors (Lipinski definition) is 2. The Kier molecular flexibility index (Phi) is 8.01. The van der Waals surface area contributed by atoms with Crippen LogP contribution in [0.4, 0.5) is 24.8 Å². The molecule has 4 aromatic rings. The molecule has 1 atom stereocenters. The zero-order valence-electron chi connectivity index (χ0n) is 23.1. The van der Waals surface area contributed by atoms with Gasteiger partial charge in [0.25, 0.3) is 0 Å². The van der Waals surface area contributed by atoms with Gasteiger partial charge in [-0.3, -0.25) is 4.98 Å². The lowest BCUT2D eigenvalue weighted by molar-refractivity contribution is 0.485. The zero-order chi connectivity index (χ0) is 30.2. The molecule has 0 saturated carbocycles. The lowest BCUT2D eigenvalue weighted by atomic mass is 9.96. The van der Waals surface area contributed by atoms with Gasteiger partial charge in [0.1, 0.15) is 17.5 Å². The fourth-order valence-electron chi connectivity index (χ4n) is 4.26. The Morgan fingerprint density at radius 1 is 1.00 bits per heavy atom. The Balaban J connectivity index is 1.55. The minimum atomic E-state index is -4.74. The van der Waals surface area contributed by atoms with Crippen molar-refractivity contribution in [2.75, 3.05) is 5.32 Å². The largest absolute Gasteiger partial charge is 0.324 e. The van der Waals surface area contributed by atoms with Crippen LogP contribution in [-0.2, 0) is 15.4 Å². The number of benzene rings is 1. The average Bonchev–Trinajstić information content (AvgIpc) is 3.36. The van der Waals surface area contributed by atoms with E-state index in [0.29, 0.717) is 21.5 Å². The van der Waals surface area contributed by atoms with Crippen LogP contribution >= 0.6 is 11.3 Å². The number of nitrogens with zero attached hydrogens (tertiary/aromatic N) is 4. The van der Waals surface area contributed by atoms with Crippen molar-refractivity contribution >= 4 is 38.6 Å². The summed E-state index contributed by atoms with van der Waals surface area (Å²) in [6.07, 6.45) is 6.27. The third kappa shape index (κ3) is 6.13. The van der Waals surface area contributed by atoms with E-state index in [9.17, 15) is 17.2 Å². The molecule has 1 aromatic carbocycles. The van der Waals surface area contributed by atoms with E-state index in [2.05, 4.69) is 25.0 Å². The molecule has 0 amide bonds. The standard InChI is InChI=1S/C29H27F3N6O2S2/c1-16-15-17(11-13-33-16)35-28-34-14-12-22(36-28)25-24(37-27(41-25)29(2,3)4)18-7-5-10-21(23(18)32)38-42(39,40)26-19(30)8-6-9-20(26)31/h5-9,11-15,21,38H,10H2,1-4H3,(H,33,34,35,36). The van der Waals surface area contributed by atoms with Crippen molar-refractivity contribution in [1.82, 2.24) is 24.7 Å². The Labute approximate surface area is 245 Å². The fourth-order valence-corrected chi connectivity index (χ4v) is 6.71. The predicted molar refractivity (Wildman–Crippen MR) is 156 cm³/mol. The minimum absolute atomic E-state index is 0.0441. The van der Waals surface area contributed by atoms with Crippen LogP contribution in [0.25, 0.3) is 16.1 Å². The van der Waals surface area contributed by atoms with Gasteiger partial charge in [-0.25, -0.2) is 41.3 Å². The smallest absolute Gasteiger partial charge is 0.247 e. The van der Waals surface area contributed by atoms with Gasteiger partial charge in [0, 0.05) is 34.8 Å². The molecule has 0 bridgehead atoms. The number of pyridine rings is 1. The molecule has 0 spiro atoms. The van der Waals surface area contributed by atoms with E-state index in [1.54, 1.807) is 30.6 Å². The number of anilines is 2. The first-order valence-electron chi connectivity index (χ1n) is 12.9. The molecule has 0 aliphatic heterocycles. The van der Waals surface area contributed by atoms with Crippen LogP contribution in [0, 0.1) is 18.6 Å². The molecule has 8 nitrogen and oxygen atoms in total. The van der Waals surface area contributed by atoms with Crippen molar-refractivity contribution in [1.29, 1.82) is 0 Å². The Bertz CT molecular complexity index is 1810. The van der Waals surface area contributed by atoms with Crippen LogP contribution in [0.2, 0.25) is 0 Å². The molecule has 1 unspecified atom stereocenters. The van der Waals surface area contributed by atoms with Crippen LogP contribution in [-0.4, -0.2) is 34.4 Å². The number of hydrogen-bond acceptors (Lipinski definition) is 8. The monoisotopic (exact) mass is 612 g/mol. The second kappa shape index (κ2) is 11.4. The van der Waals surface area contributed by atoms with Gasteiger partial charge >= 0.3 is 0 Å². The van der Waals surface area contributed by atoms with Gasteiger partial charge in [-0.05, 0) is 43.7 Å². The molecular weight excluding hydrogens is 585 g/mol. The number of halogens is 3.